The lowest BCUT2D eigenvalue weighted by Gasteiger charge is -2.30. The van der Waals surface area contributed by atoms with Gasteiger partial charge in [-0.2, -0.15) is 0 Å². The van der Waals surface area contributed by atoms with Crippen LogP contribution in [-0.2, 0) is 4.79 Å². The largest absolute Gasteiger partial charge is 0.480 e. The Morgan fingerprint density at radius 3 is 2.50 bits per heavy atom. The van der Waals surface area contributed by atoms with Gasteiger partial charge in [-0.15, -0.1) is 0 Å². The molecule has 0 bridgehead atoms. The van der Waals surface area contributed by atoms with E-state index in [0.717, 1.165) is 24.8 Å². The van der Waals surface area contributed by atoms with Crippen molar-refractivity contribution < 1.29 is 9.90 Å². The van der Waals surface area contributed by atoms with Crippen LogP contribution in [0.15, 0.2) is 24.3 Å². The maximum atomic E-state index is 11.0. The minimum atomic E-state index is -0.755. The summed E-state index contributed by atoms with van der Waals surface area (Å²) in [5.41, 5.74) is 1.15. The summed E-state index contributed by atoms with van der Waals surface area (Å²) in [4.78, 5) is 13.1. The van der Waals surface area contributed by atoms with E-state index in [2.05, 4.69) is 11.8 Å². The Labute approximate surface area is 112 Å². The summed E-state index contributed by atoms with van der Waals surface area (Å²) < 4.78 is 0. The molecule has 1 aliphatic rings. The van der Waals surface area contributed by atoms with Gasteiger partial charge in [-0.3, -0.25) is 9.69 Å². The van der Waals surface area contributed by atoms with Gasteiger partial charge in [0.05, 0.1) is 6.54 Å². The molecule has 0 spiro atoms. The summed E-state index contributed by atoms with van der Waals surface area (Å²) >= 11 is 5.89. The normalized spacial score (nSPS) is 16.8. The van der Waals surface area contributed by atoms with Crippen molar-refractivity contribution in [3.05, 3.63) is 34.9 Å². The molecule has 0 aliphatic heterocycles. The van der Waals surface area contributed by atoms with Crippen LogP contribution in [0.25, 0.3) is 0 Å². The standard InChI is InChI=1S/C14H18ClNO2/c1-2-13(10-3-5-11(15)6-4-10)16(9-14(17)18)12-7-8-12/h3-6,12-13H,2,7-9H2,1H3,(H,17,18). The molecule has 1 unspecified atom stereocenters. The van der Waals surface area contributed by atoms with Gasteiger partial charge in [-0.25, -0.2) is 0 Å². The highest BCUT2D eigenvalue weighted by atomic mass is 35.5. The van der Waals surface area contributed by atoms with Crippen LogP contribution in [0.2, 0.25) is 5.02 Å². The van der Waals surface area contributed by atoms with Crippen molar-refractivity contribution in [1.82, 2.24) is 4.90 Å². The lowest BCUT2D eigenvalue weighted by molar-refractivity contribution is -0.139. The van der Waals surface area contributed by atoms with Gasteiger partial charge in [0.1, 0.15) is 0 Å². The molecular formula is C14H18ClNO2. The number of rotatable bonds is 6. The summed E-state index contributed by atoms with van der Waals surface area (Å²) in [5, 5.41) is 9.75. The van der Waals surface area contributed by atoms with Gasteiger partial charge in [-0.05, 0) is 37.0 Å². The second kappa shape index (κ2) is 5.72. The van der Waals surface area contributed by atoms with E-state index in [1.165, 1.54) is 0 Å². The van der Waals surface area contributed by atoms with Gasteiger partial charge in [0.2, 0.25) is 0 Å². The number of carbonyl (C=O) groups is 1. The van der Waals surface area contributed by atoms with Crippen molar-refractivity contribution in [2.75, 3.05) is 6.54 Å². The zero-order chi connectivity index (χ0) is 13.1. The fourth-order valence-electron chi connectivity index (χ4n) is 2.40. The Balaban J connectivity index is 2.18. The topological polar surface area (TPSA) is 40.5 Å². The molecule has 1 N–H and O–H groups in total. The molecular weight excluding hydrogens is 250 g/mol. The number of carboxylic acids is 1. The quantitative estimate of drug-likeness (QED) is 0.859. The molecule has 1 aliphatic carbocycles. The lowest BCUT2D eigenvalue weighted by Crippen LogP contribution is -2.35. The molecule has 18 heavy (non-hydrogen) atoms. The fourth-order valence-corrected chi connectivity index (χ4v) is 2.53. The minimum Gasteiger partial charge on any atom is -0.480 e. The third-order valence-electron chi connectivity index (χ3n) is 3.38. The summed E-state index contributed by atoms with van der Waals surface area (Å²) in [7, 11) is 0. The van der Waals surface area contributed by atoms with E-state index in [0.29, 0.717) is 11.1 Å². The Morgan fingerprint density at radius 1 is 1.44 bits per heavy atom. The number of hydrogen-bond donors (Lipinski definition) is 1. The van der Waals surface area contributed by atoms with Gasteiger partial charge in [-0.1, -0.05) is 30.7 Å². The predicted octanol–water partition coefficient (Wildman–Crippen LogP) is 3.34. The molecule has 2 rings (SSSR count). The van der Waals surface area contributed by atoms with Gasteiger partial charge in [0.15, 0.2) is 0 Å². The number of carboxylic acid groups (broad SMARTS) is 1. The molecule has 0 aromatic heterocycles. The van der Waals surface area contributed by atoms with Crippen molar-refractivity contribution in [2.45, 2.75) is 38.3 Å². The molecule has 4 heteroatoms. The molecule has 98 valence electrons. The molecule has 1 saturated carbocycles. The predicted molar refractivity (Wildman–Crippen MR) is 71.8 cm³/mol. The maximum absolute atomic E-state index is 11.0. The van der Waals surface area contributed by atoms with E-state index in [4.69, 9.17) is 16.7 Å². The van der Waals surface area contributed by atoms with E-state index in [9.17, 15) is 4.79 Å². The smallest absolute Gasteiger partial charge is 0.317 e. The molecule has 1 aromatic carbocycles. The van der Waals surface area contributed by atoms with Gasteiger partial charge < -0.3 is 5.11 Å². The monoisotopic (exact) mass is 267 g/mol. The first-order chi connectivity index (χ1) is 8.61. The minimum absolute atomic E-state index is 0.117. The van der Waals surface area contributed by atoms with Crippen LogP contribution >= 0.6 is 11.6 Å². The second-order valence-electron chi connectivity index (χ2n) is 4.77. The van der Waals surface area contributed by atoms with Crippen LogP contribution in [-0.4, -0.2) is 28.6 Å². The number of halogens is 1. The SMILES string of the molecule is CCC(c1ccc(Cl)cc1)N(CC(=O)O)C1CC1. The first kappa shape index (κ1) is 13.4. The Morgan fingerprint density at radius 2 is 2.06 bits per heavy atom. The first-order valence-electron chi connectivity index (χ1n) is 6.34. The molecule has 0 amide bonds. The average molecular weight is 268 g/mol. The Kier molecular flexibility index (Phi) is 4.25. The lowest BCUT2D eigenvalue weighted by atomic mass is 10.0. The van der Waals surface area contributed by atoms with Crippen LogP contribution < -0.4 is 0 Å². The average Bonchev–Trinajstić information content (AvgIpc) is 3.14. The van der Waals surface area contributed by atoms with Crippen LogP contribution in [0.1, 0.15) is 37.8 Å². The number of aliphatic carboxylic acids is 1. The van der Waals surface area contributed by atoms with Crippen molar-refractivity contribution >= 4 is 17.6 Å². The number of benzene rings is 1. The highest BCUT2D eigenvalue weighted by molar-refractivity contribution is 6.30. The third kappa shape index (κ3) is 3.24. The van der Waals surface area contributed by atoms with Crippen molar-refractivity contribution in [1.29, 1.82) is 0 Å². The summed E-state index contributed by atoms with van der Waals surface area (Å²) in [5.74, 6) is -0.755. The van der Waals surface area contributed by atoms with Crippen molar-refractivity contribution in [3.8, 4) is 0 Å². The van der Waals surface area contributed by atoms with Crippen LogP contribution in [0, 0.1) is 0 Å². The zero-order valence-corrected chi connectivity index (χ0v) is 11.2. The summed E-state index contributed by atoms with van der Waals surface area (Å²) in [6, 6.07) is 8.32. The third-order valence-corrected chi connectivity index (χ3v) is 3.63. The molecule has 1 atom stereocenters. The Hall–Kier alpha value is -1.06. The van der Waals surface area contributed by atoms with Gasteiger partial charge >= 0.3 is 5.97 Å². The second-order valence-corrected chi connectivity index (χ2v) is 5.21. The molecule has 0 heterocycles. The molecule has 0 radical (unpaired) electrons. The number of nitrogens with zero attached hydrogens (tertiary/aromatic N) is 1. The van der Waals surface area contributed by atoms with E-state index in [1.807, 2.05) is 24.3 Å². The summed E-state index contributed by atoms with van der Waals surface area (Å²) in [6.07, 6.45) is 3.13. The van der Waals surface area contributed by atoms with E-state index in [-0.39, 0.29) is 12.6 Å². The van der Waals surface area contributed by atoms with E-state index in [1.54, 1.807) is 0 Å². The maximum Gasteiger partial charge on any atom is 0.317 e. The molecule has 1 aromatic rings. The highest BCUT2D eigenvalue weighted by Gasteiger charge is 2.35. The van der Waals surface area contributed by atoms with Gasteiger partial charge in [0.25, 0.3) is 0 Å². The number of hydrogen-bond acceptors (Lipinski definition) is 2. The fraction of sp³-hybridized carbons (Fsp3) is 0.500. The zero-order valence-electron chi connectivity index (χ0n) is 10.5. The molecule has 3 nitrogen and oxygen atoms in total. The van der Waals surface area contributed by atoms with E-state index < -0.39 is 5.97 Å². The van der Waals surface area contributed by atoms with Crippen molar-refractivity contribution in [3.63, 3.8) is 0 Å². The van der Waals surface area contributed by atoms with Gasteiger partial charge in [0, 0.05) is 17.1 Å². The molecule has 1 fully saturated rings. The van der Waals surface area contributed by atoms with Crippen LogP contribution in [0.3, 0.4) is 0 Å². The first-order valence-corrected chi connectivity index (χ1v) is 6.72. The van der Waals surface area contributed by atoms with Crippen LogP contribution in [0.5, 0.6) is 0 Å². The van der Waals surface area contributed by atoms with Crippen LogP contribution in [0.4, 0.5) is 0 Å². The van der Waals surface area contributed by atoms with Crippen molar-refractivity contribution in [2.24, 2.45) is 0 Å². The molecule has 0 saturated heterocycles. The summed E-state index contributed by atoms with van der Waals surface area (Å²) in [6.45, 7) is 2.21. The van der Waals surface area contributed by atoms with E-state index >= 15 is 0 Å². The highest BCUT2D eigenvalue weighted by Crippen LogP contribution is 2.36. The Bertz CT molecular complexity index is 414.